The third-order valence-electron chi connectivity index (χ3n) is 8.31. The van der Waals surface area contributed by atoms with Crippen molar-refractivity contribution in [1.29, 1.82) is 0 Å². The predicted octanol–water partition coefficient (Wildman–Crippen LogP) is 3.96. The third kappa shape index (κ3) is 2.14. The van der Waals surface area contributed by atoms with Gasteiger partial charge in [-0.15, -0.1) is 17.2 Å². The molecule has 1 radical (unpaired) electrons. The summed E-state index contributed by atoms with van der Waals surface area (Å²) in [5, 5.41) is 0. The van der Waals surface area contributed by atoms with Crippen LogP contribution in [0.3, 0.4) is 0 Å². The van der Waals surface area contributed by atoms with Crippen molar-refractivity contribution in [3.63, 3.8) is 0 Å². The van der Waals surface area contributed by atoms with E-state index in [1.54, 1.807) is 11.1 Å². The molecule has 1 aromatic rings. The molecule has 1 saturated heterocycles. The Morgan fingerprint density at radius 3 is 2.92 bits per heavy atom. The molecule has 3 heteroatoms. The van der Waals surface area contributed by atoms with E-state index in [4.69, 9.17) is 4.74 Å². The van der Waals surface area contributed by atoms with Crippen LogP contribution in [0.15, 0.2) is 12.1 Å². The first-order valence-corrected chi connectivity index (χ1v) is 10.2. The van der Waals surface area contributed by atoms with Gasteiger partial charge in [-0.2, -0.15) is 12.1 Å². The first-order chi connectivity index (χ1) is 11.7. The molecule has 3 fully saturated rings. The van der Waals surface area contributed by atoms with Gasteiger partial charge in [0.25, 0.3) is 0 Å². The molecule has 5 aliphatic rings. The summed E-state index contributed by atoms with van der Waals surface area (Å²) in [4.78, 5) is 2.91. The van der Waals surface area contributed by atoms with E-state index < -0.39 is 0 Å². The molecule has 0 N–H and O–H groups in total. The summed E-state index contributed by atoms with van der Waals surface area (Å²) in [6.07, 6.45) is 8.60. The Balaban J connectivity index is 0.00000140. The van der Waals surface area contributed by atoms with Gasteiger partial charge in [0.15, 0.2) is 0 Å². The molecule has 131 valence electrons. The average Bonchev–Trinajstić information content (AvgIpc) is 3.37. The van der Waals surface area contributed by atoms with Crippen LogP contribution in [0.1, 0.15) is 57.1 Å². The topological polar surface area (TPSA) is 12.5 Å². The van der Waals surface area contributed by atoms with Gasteiger partial charge >= 0.3 is 0 Å². The molecular formula is C22H28NOY-. The molecule has 3 aliphatic carbocycles. The number of ether oxygens (including phenoxy) is 1. The summed E-state index contributed by atoms with van der Waals surface area (Å²) in [6, 6.07) is 9.43. The van der Waals surface area contributed by atoms with E-state index in [1.165, 1.54) is 45.1 Å². The molecule has 25 heavy (non-hydrogen) atoms. The van der Waals surface area contributed by atoms with Crippen molar-refractivity contribution < 1.29 is 37.4 Å². The molecule has 2 heterocycles. The van der Waals surface area contributed by atoms with E-state index in [0.717, 1.165) is 29.7 Å². The number of rotatable bonds is 2. The van der Waals surface area contributed by atoms with Gasteiger partial charge in [0.2, 0.25) is 0 Å². The normalized spacial score (nSPS) is 42.2. The molecule has 2 nitrogen and oxygen atoms in total. The molecule has 6 atom stereocenters. The van der Waals surface area contributed by atoms with Gasteiger partial charge < -0.3 is 4.74 Å². The maximum atomic E-state index is 6.57. The van der Waals surface area contributed by atoms with E-state index >= 15 is 0 Å². The van der Waals surface area contributed by atoms with Crippen molar-refractivity contribution in [3.05, 3.63) is 29.3 Å². The zero-order chi connectivity index (χ0) is 16.1. The van der Waals surface area contributed by atoms with E-state index in [9.17, 15) is 0 Å². The second kappa shape index (κ2) is 5.79. The van der Waals surface area contributed by atoms with Crippen molar-refractivity contribution in [2.24, 2.45) is 17.8 Å². The maximum Gasteiger partial charge on any atom is 0.0978 e. The van der Waals surface area contributed by atoms with Crippen molar-refractivity contribution in [1.82, 2.24) is 4.90 Å². The minimum atomic E-state index is 0. The van der Waals surface area contributed by atoms with E-state index in [1.807, 2.05) is 0 Å². The Morgan fingerprint density at radius 2 is 2.12 bits per heavy atom. The Hall–Kier alpha value is 0.0839. The van der Waals surface area contributed by atoms with Crippen LogP contribution in [0.2, 0.25) is 0 Å². The molecule has 2 bridgehead atoms. The number of benzene rings is 1. The molecule has 2 saturated carbocycles. The molecule has 1 aromatic carbocycles. The number of hydrogen-bond donors (Lipinski definition) is 0. The zero-order valence-electron chi connectivity index (χ0n) is 15.5. The molecule has 0 aromatic heterocycles. The van der Waals surface area contributed by atoms with Gasteiger partial charge in [-0.1, -0.05) is 6.92 Å². The molecule has 0 amide bonds. The van der Waals surface area contributed by atoms with Crippen LogP contribution in [0, 0.1) is 23.8 Å². The van der Waals surface area contributed by atoms with Crippen LogP contribution in [-0.4, -0.2) is 29.6 Å². The van der Waals surface area contributed by atoms with Crippen LogP contribution in [-0.2, 0) is 44.5 Å². The van der Waals surface area contributed by atoms with Crippen LogP contribution in [0.4, 0.5) is 0 Å². The second-order valence-electron chi connectivity index (χ2n) is 9.28. The van der Waals surface area contributed by atoms with Gasteiger partial charge in [-0.05, 0) is 75.2 Å². The Morgan fingerprint density at radius 1 is 1.28 bits per heavy atom. The molecule has 6 rings (SSSR count). The van der Waals surface area contributed by atoms with Gasteiger partial charge in [0.05, 0.1) is 6.10 Å². The number of likely N-dealkylation sites (tertiary alicyclic amines) is 1. The molecule has 2 aliphatic heterocycles. The van der Waals surface area contributed by atoms with Gasteiger partial charge in [-0.3, -0.25) is 4.90 Å². The van der Waals surface area contributed by atoms with Crippen LogP contribution >= 0.6 is 0 Å². The number of nitrogens with zero attached hydrogens (tertiary/aromatic N) is 1. The fourth-order valence-electron chi connectivity index (χ4n) is 7.08. The molecule has 6 unspecified atom stereocenters. The van der Waals surface area contributed by atoms with E-state index in [2.05, 4.69) is 36.9 Å². The first-order valence-electron chi connectivity index (χ1n) is 10.2. The summed E-state index contributed by atoms with van der Waals surface area (Å²) in [5.41, 5.74) is 3.47. The third-order valence-corrected chi connectivity index (χ3v) is 8.31. The fourth-order valence-corrected chi connectivity index (χ4v) is 7.08. The zero-order valence-corrected chi connectivity index (χ0v) is 18.3. The monoisotopic (exact) mass is 411 g/mol. The summed E-state index contributed by atoms with van der Waals surface area (Å²) in [7, 11) is 0. The summed E-state index contributed by atoms with van der Waals surface area (Å²) in [5.74, 6) is 3.57. The number of hydrogen-bond acceptors (Lipinski definition) is 2. The van der Waals surface area contributed by atoms with Crippen LogP contribution < -0.4 is 4.74 Å². The molecular weight excluding hydrogens is 383 g/mol. The first kappa shape index (κ1) is 17.2. The number of piperidine rings is 1. The average molecular weight is 411 g/mol. The van der Waals surface area contributed by atoms with Gasteiger partial charge in [0, 0.05) is 50.5 Å². The second-order valence-corrected chi connectivity index (χ2v) is 9.28. The van der Waals surface area contributed by atoms with Gasteiger partial charge in [0.1, 0.15) is 0 Å². The minimum Gasteiger partial charge on any atom is -0.516 e. The van der Waals surface area contributed by atoms with Crippen molar-refractivity contribution in [2.45, 2.75) is 76.0 Å². The van der Waals surface area contributed by atoms with E-state index in [0.29, 0.717) is 17.4 Å². The maximum absolute atomic E-state index is 6.57. The predicted molar refractivity (Wildman–Crippen MR) is 94.3 cm³/mol. The fraction of sp³-hybridized carbons (Fsp3) is 0.727. The Kier molecular flexibility index (Phi) is 3.98. The van der Waals surface area contributed by atoms with Crippen molar-refractivity contribution in [2.75, 3.05) is 6.54 Å². The minimum absolute atomic E-state index is 0. The summed E-state index contributed by atoms with van der Waals surface area (Å²) < 4.78 is 6.57. The van der Waals surface area contributed by atoms with Crippen molar-refractivity contribution >= 4 is 0 Å². The molecule has 1 spiro atoms. The van der Waals surface area contributed by atoms with Crippen molar-refractivity contribution in [3.8, 4) is 5.75 Å². The standard InChI is InChI=1S/C22H28NO.Y/c1-13-6-9-17-18-12-16-4-3-5-19-20(16)22(17,21(13)24-19)10-11-23(18)14(2)15-7-8-15;/h3-4,13-15,17-18,21H,6-12H2,1-2H3;/q-1;. The van der Waals surface area contributed by atoms with E-state index in [-0.39, 0.29) is 32.7 Å². The largest absolute Gasteiger partial charge is 0.516 e. The Labute approximate surface area is 176 Å². The van der Waals surface area contributed by atoms with Crippen LogP contribution in [0.25, 0.3) is 0 Å². The summed E-state index contributed by atoms with van der Waals surface area (Å²) >= 11 is 0. The van der Waals surface area contributed by atoms with Crippen LogP contribution in [0.5, 0.6) is 5.75 Å². The summed E-state index contributed by atoms with van der Waals surface area (Å²) in [6.45, 7) is 6.20. The van der Waals surface area contributed by atoms with Gasteiger partial charge in [-0.25, -0.2) is 0 Å². The smallest absolute Gasteiger partial charge is 0.0978 e. The Bertz CT molecular complexity index is 701. The quantitative estimate of drug-likeness (QED) is 0.684. The SMILES string of the molecule is CC1CCC2C3Cc4cc[c-]c5c4C2(CCN3C(C)C2CC2)C1O5.[Y].